The highest BCUT2D eigenvalue weighted by Crippen LogP contribution is 2.22. The molecule has 0 spiro atoms. The first kappa shape index (κ1) is 15.8. The highest BCUT2D eigenvalue weighted by Gasteiger charge is 2.21. The van der Waals surface area contributed by atoms with Gasteiger partial charge >= 0.3 is 0 Å². The van der Waals surface area contributed by atoms with E-state index in [4.69, 9.17) is 4.74 Å². The van der Waals surface area contributed by atoms with Crippen LogP contribution in [0.5, 0.6) is 5.88 Å². The second-order valence-electron chi connectivity index (χ2n) is 5.77. The molecule has 2 atom stereocenters. The Balaban J connectivity index is 1.75. The highest BCUT2D eigenvalue weighted by atomic mass is 16.5. The Labute approximate surface area is 126 Å². The van der Waals surface area contributed by atoms with Gasteiger partial charge in [0.25, 0.3) is 0 Å². The van der Waals surface area contributed by atoms with Gasteiger partial charge in [0.05, 0.1) is 7.11 Å². The van der Waals surface area contributed by atoms with Crippen molar-refractivity contribution < 1.29 is 9.53 Å². The molecule has 0 aromatic carbocycles. The Hall–Kier alpha value is -1.62. The third kappa shape index (κ3) is 5.01. The van der Waals surface area contributed by atoms with Gasteiger partial charge < -0.3 is 15.4 Å². The molecular formula is C16H25N3O2. The van der Waals surface area contributed by atoms with Crippen LogP contribution >= 0.6 is 0 Å². The van der Waals surface area contributed by atoms with E-state index >= 15 is 0 Å². The number of nitrogens with one attached hydrogen (secondary N) is 2. The summed E-state index contributed by atoms with van der Waals surface area (Å²) in [6.45, 7) is 4.84. The molecule has 1 aromatic rings. The van der Waals surface area contributed by atoms with Crippen LogP contribution in [0.4, 0.5) is 0 Å². The minimum Gasteiger partial charge on any atom is -0.481 e. The molecular weight excluding hydrogens is 266 g/mol. The summed E-state index contributed by atoms with van der Waals surface area (Å²) in [5.74, 6) is 1.72. The molecule has 116 valence electrons. The fraction of sp³-hybridized carbons (Fsp3) is 0.625. The molecule has 2 unspecified atom stereocenters. The predicted octanol–water partition coefficient (Wildman–Crippen LogP) is 1.73. The van der Waals surface area contributed by atoms with E-state index in [-0.39, 0.29) is 5.91 Å². The Bertz CT molecular complexity index is 459. The lowest BCUT2D eigenvalue weighted by molar-refractivity contribution is -0.122. The Kier molecular flexibility index (Phi) is 5.99. The van der Waals surface area contributed by atoms with Crippen molar-refractivity contribution in [1.82, 2.24) is 15.6 Å². The number of aromatic nitrogens is 1. The van der Waals surface area contributed by atoms with Gasteiger partial charge in [-0.25, -0.2) is 4.98 Å². The van der Waals surface area contributed by atoms with Crippen molar-refractivity contribution in [2.45, 2.75) is 32.7 Å². The summed E-state index contributed by atoms with van der Waals surface area (Å²) < 4.78 is 5.07. The number of pyridine rings is 1. The molecule has 2 heterocycles. The lowest BCUT2D eigenvalue weighted by Gasteiger charge is -2.28. The number of hydrogen-bond donors (Lipinski definition) is 2. The number of carbonyl (C=O) groups excluding carboxylic acids is 1. The minimum absolute atomic E-state index is 0.115. The molecule has 21 heavy (non-hydrogen) atoms. The molecule has 0 saturated carbocycles. The van der Waals surface area contributed by atoms with Crippen LogP contribution in [0.15, 0.2) is 18.3 Å². The van der Waals surface area contributed by atoms with Crippen molar-refractivity contribution >= 4 is 5.91 Å². The standard InChI is InChI=1S/C16H25N3O2/c1-12(14-4-3-6-17-11-14)8-15(20)19-10-13-5-7-18-16(9-13)21-2/h5,7,9,12,14,17H,3-4,6,8,10-11H2,1-2H3,(H,19,20). The van der Waals surface area contributed by atoms with Crippen LogP contribution in [-0.4, -0.2) is 31.1 Å². The van der Waals surface area contributed by atoms with E-state index < -0.39 is 0 Å². The average Bonchev–Trinajstić information content (AvgIpc) is 2.54. The first-order chi connectivity index (χ1) is 10.2. The van der Waals surface area contributed by atoms with Gasteiger partial charge in [-0.3, -0.25) is 4.79 Å². The van der Waals surface area contributed by atoms with Crippen molar-refractivity contribution in [2.75, 3.05) is 20.2 Å². The summed E-state index contributed by atoms with van der Waals surface area (Å²) >= 11 is 0. The summed E-state index contributed by atoms with van der Waals surface area (Å²) in [7, 11) is 1.59. The van der Waals surface area contributed by atoms with Crippen LogP contribution in [-0.2, 0) is 11.3 Å². The van der Waals surface area contributed by atoms with Crippen LogP contribution < -0.4 is 15.4 Å². The van der Waals surface area contributed by atoms with Crippen LogP contribution in [0, 0.1) is 11.8 Å². The molecule has 0 radical (unpaired) electrons. The van der Waals surface area contributed by atoms with E-state index in [2.05, 4.69) is 22.5 Å². The van der Waals surface area contributed by atoms with E-state index in [1.54, 1.807) is 13.3 Å². The van der Waals surface area contributed by atoms with Crippen molar-refractivity contribution in [2.24, 2.45) is 11.8 Å². The van der Waals surface area contributed by atoms with Crippen LogP contribution in [0.2, 0.25) is 0 Å². The van der Waals surface area contributed by atoms with Crippen molar-refractivity contribution in [1.29, 1.82) is 0 Å². The van der Waals surface area contributed by atoms with Crippen molar-refractivity contribution in [3.8, 4) is 5.88 Å². The Morgan fingerprint density at radius 3 is 3.19 bits per heavy atom. The molecule has 1 aromatic heterocycles. The second kappa shape index (κ2) is 7.98. The van der Waals surface area contributed by atoms with E-state index in [0.29, 0.717) is 30.7 Å². The predicted molar refractivity (Wildman–Crippen MR) is 82.0 cm³/mol. The summed E-state index contributed by atoms with van der Waals surface area (Å²) in [5.41, 5.74) is 1.00. The molecule has 5 heteroatoms. The molecule has 1 amide bonds. The molecule has 2 N–H and O–H groups in total. The molecule has 0 aliphatic carbocycles. The van der Waals surface area contributed by atoms with Gasteiger partial charge in [0, 0.05) is 25.2 Å². The van der Waals surface area contributed by atoms with Gasteiger partial charge in [-0.2, -0.15) is 0 Å². The van der Waals surface area contributed by atoms with Gasteiger partial charge in [0.15, 0.2) is 0 Å². The maximum atomic E-state index is 12.0. The third-order valence-corrected chi connectivity index (χ3v) is 4.15. The van der Waals surface area contributed by atoms with Crippen LogP contribution in [0.25, 0.3) is 0 Å². The zero-order valence-electron chi connectivity index (χ0n) is 12.9. The molecule has 1 aliphatic heterocycles. The van der Waals surface area contributed by atoms with E-state index in [1.165, 1.54) is 12.8 Å². The van der Waals surface area contributed by atoms with Gasteiger partial charge in [-0.05, 0) is 49.4 Å². The lowest BCUT2D eigenvalue weighted by Crippen LogP contribution is -2.35. The number of rotatable bonds is 6. The quantitative estimate of drug-likeness (QED) is 0.838. The largest absolute Gasteiger partial charge is 0.481 e. The number of carbonyl (C=O) groups is 1. The van der Waals surface area contributed by atoms with E-state index in [1.807, 2.05) is 12.1 Å². The summed E-state index contributed by atoms with van der Waals surface area (Å²) in [6.07, 6.45) is 4.72. The number of amides is 1. The van der Waals surface area contributed by atoms with Gasteiger partial charge in [0.1, 0.15) is 0 Å². The Morgan fingerprint density at radius 1 is 1.62 bits per heavy atom. The minimum atomic E-state index is 0.115. The number of nitrogens with zero attached hydrogens (tertiary/aromatic N) is 1. The average molecular weight is 291 g/mol. The molecule has 0 bridgehead atoms. The summed E-state index contributed by atoms with van der Waals surface area (Å²) in [6, 6.07) is 3.73. The summed E-state index contributed by atoms with van der Waals surface area (Å²) in [5, 5.41) is 6.38. The third-order valence-electron chi connectivity index (χ3n) is 4.15. The topological polar surface area (TPSA) is 63.2 Å². The number of piperidine rings is 1. The Morgan fingerprint density at radius 2 is 2.48 bits per heavy atom. The maximum Gasteiger partial charge on any atom is 0.220 e. The smallest absolute Gasteiger partial charge is 0.220 e. The van der Waals surface area contributed by atoms with Gasteiger partial charge in [-0.1, -0.05) is 6.92 Å². The molecule has 1 fully saturated rings. The number of ether oxygens (including phenoxy) is 1. The monoisotopic (exact) mass is 291 g/mol. The highest BCUT2D eigenvalue weighted by molar-refractivity contribution is 5.76. The van der Waals surface area contributed by atoms with E-state index in [9.17, 15) is 4.79 Å². The van der Waals surface area contributed by atoms with Crippen LogP contribution in [0.3, 0.4) is 0 Å². The van der Waals surface area contributed by atoms with E-state index in [0.717, 1.165) is 18.7 Å². The fourth-order valence-electron chi connectivity index (χ4n) is 2.77. The van der Waals surface area contributed by atoms with Gasteiger partial charge in [0.2, 0.25) is 11.8 Å². The molecule has 5 nitrogen and oxygen atoms in total. The van der Waals surface area contributed by atoms with Crippen molar-refractivity contribution in [3.05, 3.63) is 23.9 Å². The number of methoxy groups -OCH3 is 1. The SMILES string of the molecule is COc1cc(CNC(=O)CC(C)C2CCCNC2)ccn1. The van der Waals surface area contributed by atoms with Gasteiger partial charge in [-0.15, -0.1) is 0 Å². The zero-order chi connectivity index (χ0) is 15.1. The lowest BCUT2D eigenvalue weighted by atomic mass is 9.85. The first-order valence-electron chi connectivity index (χ1n) is 7.65. The van der Waals surface area contributed by atoms with Crippen LogP contribution in [0.1, 0.15) is 31.7 Å². The zero-order valence-corrected chi connectivity index (χ0v) is 12.9. The second-order valence-corrected chi connectivity index (χ2v) is 5.77. The summed E-state index contributed by atoms with van der Waals surface area (Å²) in [4.78, 5) is 16.1. The molecule has 1 saturated heterocycles. The molecule has 2 rings (SSSR count). The maximum absolute atomic E-state index is 12.0. The number of hydrogen-bond acceptors (Lipinski definition) is 4. The fourth-order valence-corrected chi connectivity index (χ4v) is 2.77. The molecule has 1 aliphatic rings. The normalized spacial score (nSPS) is 19.8. The first-order valence-corrected chi connectivity index (χ1v) is 7.65. The van der Waals surface area contributed by atoms with Crippen molar-refractivity contribution in [3.63, 3.8) is 0 Å².